The van der Waals surface area contributed by atoms with Crippen LogP contribution in [0.2, 0.25) is 5.02 Å². The quantitative estimate of drug-likeness (QED) is 0.781. The van der Waals surface area contributed by atoms with E-state index in [2.05, 4.69) is 21.2 Å². The smallest absolute Gasteiger partial charge is 0.151 e. The number of anilines is 3. The molecule has 0 fully saturated rings. The van der Waals surface area contributed by atoms with Gasteiger partial charge >= 0.3 is 0 Å². The average molecular weight is 334 g/mol. The van der Waals surface area contributed by atoms with Crippen LogP contribution in [0.3, 0.4) is 0 Å². The monoisotopic (exact) mass is 332 g/mol. The van der Waals surface area contributed by atoms with Crippen molar-refractivity contribution in [3.63, 3.8) is 0 Å². The standard InChI is InChI=1S/C12H8BrClF2N2/c13-6-1-2-10(8(14)3-6)18-11-5-7(15)4-9(16)12(11)17/h1-5,18H,17H2. The van der Waals surface area contributed by atoms with E-state index in [0.717, 1.165) is 16.6 Å². The summed E-state index contributed by atoms with van der Waals surface area (Å²) in [6.07, 6.45) is 0. The third kappa shape index (κ3) is 2.73. The molecule has 0 saturated carbocycles. The lowest BCUT2D eigenvalue weighted by Crippen LogP contribution is -2.00. The highest BCUT2D eigenvalue weighted by molar-refractivity contribution is 9.10. The van der Waals surface area contributed by atoms with Gasteiger partial charge in [-0.2, -0.15) is 0 Å². The molecule has 2 aromatic rings. The lowest BCUT2D eigenvalue weighted by molar-refractivity contribution is 0.587. The van der Waals surface area contributed by atoms with Gasteiger partial charge in [0.25, 0.3) is 0 Å². The molecule has 0 saturated heterocycles. The third-order valence-corrected chi connectivity index (χ3v) is 3.10. The number of halogens is 4. The predicted molar refractivity (Wildman–Crippen MR) is 73.2 cm³/mol. The zero-order valence-corrected chi connectivity index (χ0v) is 11.3. The van der Waals surface area contributed by atoms with Crippen LogP contribution in [0.15, 0.2) is 34.8 Å². The second-order valence-corrected chi connectivity index (χ2v) is 4.92. The lowest BCUT2D eigenvalue weighted by Gasteiger charge is -2.11. The van der Waals surface area contributed by atoms with E-state index in [0.29, 0.717) is 10.7 Å². The van der Waals surface area contributed by atoms with E-state index in [9.17, 15) is 8.78 Å². The predicted octanol–water partition coefficient (Wildman–Crippen LogP) is 4.71. The molecule has 0 aliphatic carbocycles. The van der Waals surface area contributed by atoms with E-state index in [1.54, 1.807) is 18.2 Å². The molecule has 2 aromatic carbocycles. The molecule has 2 nitrogen and oxygen atoms in total. The van der Waals surface area contributed by atoms with Crippen LogP contribution in [0.25, 0.3) is 0 Å². The van der Waals surface area contributed by atoms with Crippen LogP contribution in [0, 0.1) is 11.6 Å². The summed E-state index contributed by atoms with van der Waals surface area (Å²) in [6, 6.07) is 6.92. The molecule has 0 unspecified atom stereocenters. The van der Waals surface area contributed by atoms with Crippen LogP contribution in [-0.2, 0) is 0 Å². The molecule has 18 heavy (non-hydrogen) atoms. The van der Waals surface area contributed by atoms with Gasteiger partial charge in [0.2, 0.25) is 0 Å². The highest BCUT2D eigenvalue weighted by Crippen LogP contribution is 2.32. The normalized spacial score (nSPS) is 10.4. The van der Waals surface area contributed by atoms with E-state index < -0.39 is 11.6 Å². The van der Waals surface area contributed by atoms with E-state index in [1.807, 2.05) is 0 Å². The fraction of sp³-hybridized carbons (Fsp3) is 0. The first-order valence-corrected chi connectivity index (χ1v) is 6.11. The van der Waals surface area contributed by atoms with Gasteiger partial charge in [-0.3, -0.25) is 0 Å². The van der Waals surface area contributed by atoms with Crippen molar-refractivity contribution < 1.29 is 8.78 Å². The van der Waals surface area contributed by atoms with Crippen LogP contribution in [0.5, 0.6) is 0 Å². The van der Waals surface area contributed by atoms with E-state index in [1.165, 1.54) is 0 Å². The number of nitrogens with two attached hydrogens (primary N) is 1. The van der Waals surface area contributed by atoms with Gasteiger partial charge in [-0.15, -0.1) is 0 Å². The number of hydrogen-bond donors (Lipinski definition) is 2. The zero-order valence-electron chi connectivity index (χ0n) is 8.98. The molecule has 0 heterocycles. The number of nitrogen functional groups attached to an aromatic ring is 1. The third-order valence-electron chi connectivity index (χ3n) is 2.29. The largest absolute Gasteiger partial charge is 0.395 e. The number of nitrogens with one attached hydrogen (secondary N) is 1. The summed E-state index contributed by atoms with van der Waals surface area (Å²) in [5, 5.41) is 3.20. The van der Waals surface area contributed by atoms with Crippen molar-refractivity contribution in [2.45, 2.75) is 0 Å². The van der Waals surface area contributed by atoms with Gasteiger partial charge in [0.1, 0.15) is 5.82 Å². The van der Waals surface area contributed by atoms with Crippen LogP contribution in [0.1, 0.15) is 0 Å². The Morgan fingerprint density at radius 3 is 2.50 bits per heavy atom. The molecule has 0 spiro atoms. The summed E-state index contributed by atoms with van der Waals surface area (Å²) in [4.78, 5) is 0. The van der Waals surface area contributed by atoms with Crippen LogP contribution >= 0.6 is 27.5 Å². The molecule has 0 atom stereocenters. The number of benzene rings is 2. The van der Waals surface area contributed by atoms with E-state index in [-0.39, 0.29) is 11.4 Å². The molecule has 94 valence electrons. The highest BCUT2D eigenvalue weighted by Gasteiger charge is 2.10. The Bertz CT molecular complexity index is 605. The Balaban J connectivity index is 2.40. The van der Waals surface area contributed by atoms with Crippen molar-refractivity contribution in [1.29, 1.82) is 0 Å². The summed E-state index contributed by atoms with van der Waals surface area (Å²) < 4.78 is 27.2. The van der Waals surface area contributed by atoms with E-state index >= 15 is 0 Å². The highest BCUT2D eigenvalue weighted by atomic mass is 79.9. The molecule has 0 bridgehead atoms. The van der Waals surface area contributed by atoms with Crippen molar-refractivity contribution in [2.75, 3.05) is 11.1 Å². The topological polar surface area (TPSA) is 38.0 Å². The van der Waals surface area contributed by atoms with Crippen molar-refractivity contribution >= 4 is 44.6 Å². The van der Waals surface area contributed by atoms with Gasteiger partial charge in [-0.25, -0.2) is 8.78 Å². The fourth-order valence-corrected chi connectivity index (χ4v) is 2.14. The second kappa shape index (κ2) is 5.12. The van der Waals surface area contributed by atoms with Crippen molar-refractivity contribution in [1.82, 2.24) is 0 Å². The van der Waals surface area contributed by atoms with E-state index in [4.69, 9.17) is 17.3 Å². The fourth-order valence-electron chi connectivity index (χ4n) is 1.42. The van der Waals surface area contributed by atoms with Crippen molar-refractivity contribution in [3.8, 4) is 0 Å². The first kappa shape index (κ1) is 13.1. The SMILES string of the molecule is Nc1c(F)cc(F)cc1Nc1ccc(Br)cc1Cl. The molecular formula is C12H8BrClF2N2. The Morgan fingerprint density at radius 1 is 1.11 bits per heavy atom. The molecule has 0 aliphatic rings. The van der Waals surface area contributed by atoms with Gasteiger partial charge in [0, 0.05) is 10.5 Å². The van der Waals surface area contributed by atoms with Gasteiger partial charge in [-0.05, 0) is 24.3 Å². The van der Waals surface area contributed by atoms with Crippen LogP contribution < -0.4 is 11.1 Å². The summed E-state index contributed by atoms with van der Waals surface area (Å²) in [7, 11) is 0. The van der Waals surface area contributed by atoms with Gasteiger partial charge in [0.15, 0.2) is 5.82 Å². The number of hydrogen-bond acceptors (Lipinski definition) is 2. The first-order valence-electron chi connectivity index (χ1n) is 4.94. The Morgan fingerprint density at radius 2 is 1.83 bits per heavy atom. The summed E-state index contributed by atoms with van der Waals surface area (Å²) >= 11 is 9.25. The summed E-state index contributed by atoms with van der Waals surface area (Å²) in [5.74, 6) is -1.52. The summed E-state index contributed by atoms with van der Waals surface area (Å²) in [6.45, 7) is 0. The maximum atomic E-state index is 13.3. The average Bonchev–Trinajstić information content (AvgIpc) is 2.29. The minimum Gasteiger partial charge on any atom is -0.395 e. The minimum absolute atomic E-state index is 0.136. The molecule has 0 radical (unpaired) electrons. The molecule has 0 aliphatic heterocycles. The van der Waals surface area contributed by atoms with Gasteiger partial charge < -0.3 is 11.1 Å². The lowest BCUT2D eigenvalue weighted by atomic mass is 10.2. The molecule has 2 rings (SSSR count). The molecular weight excluding hydrogens is 325 g/mol. The van der Waals surface area contributed by atoms with Crippen LogP contribution in [0.4, 0.5) is 25.8 Å². The Kier molecular flexibility index (Phi) is 3.73. The molecule has 6 heteroatoms. The molecule has 3 N–H and O–H groups in total. The Hall–Kier alpha value is -1.33. The van der Waals surface area contributed by atoms with Gasteiger partial charge in [-0.1, -0.05) is 27.5 Å². The van der Waals surface area contributed by atoms with Crippen molar-refractivity contribution in [2.24, 2.45) is 0 Å². The van der Waals surface area contributed by atoms with Gasteiger partial charge in [0.05, 0.1) is 22.1 Å². The number of rotatable bonds is 2. The minimum atomic E-state index is -0.814. The molecule has 0 amide bonds. The second-order valence-electron chi connectivity index (χ2n) is 3.60. The maximum Gasteiger partial charge on any atom is 0.151 e. The Labute approximate surface area is 116 Å². The first-order chi connectivity index (χ1) is 8.47. The summed E-state index contributed by atoms with van der Waals surface area (Å²) in [5.41, 5.74) is 6.01. The van der Waals surface area contributed by atoms with Crippen LogP contribution in [-0.4, -0.2) is 0 Å². The molecule has 0 aromatic heterocycles. The zero-order chi connectivity index (χ0) is 13.3. The van der Waals surface area contributed by atoms with Crippen molar-refractivity contribution in [3.05, 3.63) is 51.5 Å². The maximum absolute atomic E-state index is 13.3.